The molecule has 618 valence electrons. The van der Waals surface area contributed by atoms with E-state index in [2.05, 4.69) is 204 Å². The van der Waals surface area contributed by atoms with Gasteiger partial charge < -0.3 is 33.8 Å². The second-order valence-electron chi connectivity index (χ2n) is 26.2. The summed E-state index contributed by atoms with van der Waals surface area (Å²) in [5.41, 5.74) is 0. The van der Waals surface area contributed by atoms with Gasteiger partial charge in [-0.05, 0) is 161 Å². The zero-order valence-corrected chi connectivity index (χ0v) is 69.4. The standard InChI is InChI=1S/C91H142O17P2/c1-5-9-13-17-21-25-29-33-37-40-42-45-49-52-56-60-64-68-72-76-89(94)102-82-87(108-91(96)78-74-70-66-62-58-54-50-46-43-41-38-34-30-26-22-18-14-10-6-2)84-106-110(99,100)104-80-85(92)79-103-109(97,98)105-83-86(107-90(95)77-73-69-65-61-57-53-47-36-32-28-24-20-16-12-8-4)81-101-88(93)75-71-67-63-59-55-51-48-44-39-35-31-27-23-19-15-11-7-3/h9-16,21-28,33-39,42-43,45-47,52,56-57,61,64,68-69,73,85-87,92H,5-8,17-20,29-32,40-41,44,48-51,53-55,58-60,62-63,65-67,70-72,74-84H2,1-4H3,(H,97,98)(H,99,100)/b13-9-,14-10-,15-11-,16-12-,25-21-,26-22-,27-23-,28-24-,37-33-,38-34-,39-35-,45-42-,46-43-,47-36-,56-52-,61-57-,68-64-,73-69-. The summed E-state index contributed by atoms with van der Waals surface area (Å²) in [7, 11) is -10.0. The van der Waals surface area contributed by atoms with Crippen LogP contribution in [-0.2, 0) is 65.4 Å². The first kappa shape index (κ1) is 103. The zero-order valence-electron chi connectivity index (χ0n) is 67.6. The molecule has 0 aromatic carbocycles. The number of unbranched alkanes of at least 4 members (excludes halogenated alkanes) is 13. The fourth-order valence-electron chi connectivity index (χ4n) is 9.91. The Hall–Kier alpha value is -6.62. The van der Waals surface area contributed by atoms with E-state index >= 15 is 0 Å². The van der Waals surface area contributed by atoms with E-state index in [0.29, 0.717) is 32.1 Å². The lowest BCUT2D eigenvalue weighted by Gasteiger charge is -2.21. The molecule has 110 heavy (non-hydrogen) atoms. The molecule has 5 atom stereocenters. The largest absolute Gasteiger partial charge is 0.472 e. The average Bonchev–Trinajstić information content (AvgIpc) is 0.900. The normalized spacial score (nSPS) is 14.9. The number of carbonyl (C=O) groups excluding carboxylic acids is 4. The lowest BCUT2D eigenvalue weighted by Crippen LogP contribution is -2.30. The van der Waals surface area contributed by atoms with Gasteiger partial charge in [-0.25, -0.2) is 9.13 Å². The molecule has 17 nitrogen and oxygen atoms in total. The minimum absolute atomic E-state index is 0.0212. The van der Waals surface area contributed by atoms with Crippen molar-refractivity contribution in [1.82, 2.24) is 0 Å². The summed E-state index contributed by atoms with van der Waals surface area (Å²) >= 11 is 0. The van der Waals surface area contributed by atoms with E-state index in [9.17, 15) is 43.2 Å². The minimum atomic E-state index is -5.02. The summed E-state index contributed by atoms with van der Waals surface area (Å²) in [6.45, 7) is 4.17. The number of carbonyl (C=O) groups is 4. The summed E-state index contributed by atoms with van der Waals surface area (Å²) in [5.74, 6) is -2.47. The number of hydrogen-bond acceptors (Lipinski definition) is 15. The maximum atomic E-state index is 13.1. The average molecular weight is 1570 g/mol. The molecular weight excluding hydrogens is 1430 g/mol. The fourth-order valence-corrected chi connectivity index (χ4v) is 11.5. The van der Waals surface area contributed by atoms with E-state index in [0.717, 1.165) is 186 Å². The quantitative estimate of drug-likeness (QED) is 0.0169. The molecule has 0 aliphatic carbocycles. The summed E-state index contributed by atoms with van der Waals surface area (Å²) < 4.78 is 68.5. The molecule has 19 heteroatoms. The zero-order chi connectivity index (χ0) is 80.3. The maximum absolute atomic E-state index is 13.1. The van der Waals surface area contributed by atoms with Crippen LogP contribution in [-0.4, -0.2) is 96.7 Å². The summed E-state index contributed by atoms with van der Waals surface area (Å²) in [4.78, 5) is 73.1. The number of rotatable bonds is 74. The second-order valence-corrected chi connectivity index (χ2v) is 29.1. The first-order chi connectivity index (χ1) is 53.7. The van der Waals surface area contributed by atoms with Crippen molar-refractivity contribution in [2.24, 2.45) is 0 Å². The monoisotopic (exact) mass is 1570 g/mol. The van der Waals surface area contributed by atoms with Crippen LogP contribution in [0.15, 0.2) is 219 Å². The summed E-state index contributed by atoms with van der Waals surface area (Å²) in [6, 6.07) is 0. The van der Waals surface area contributed by atoms with Crippen LogP contribution in [0.1, 0.15) is 272 Å². The van der Waals surface area contributed by atoms with E-state index in [4.69, 9.17) is 37.0 Å². The fraction of sp³-hybridized carbons (Fsp3) is 0.560. The summed E-state index contributed by atoms with van der Waals surface area (Å²) in [6.07, 6.45) is 102. The van der Waals surface area contributed by atoms with Crippen molar-refractivity contribution in [3.8, 4) is 0 Å². The first-order valence-corrected chi connectivity index (χ1v) is 44.0. The lowest BCUT2D eigenvalue weighted by atomic mass is 10.1. The van der Waals surface area contributed by atoms with Crippen LogP contribution >= 0.6 is 15.6 Å². The second kappa shape index (κ2) is 80.4. The maximum Gasteiger partial charge on any atom is 0.472 e. The number of phosphoric ester groups is 2. The van der Waals surface area contributed by atoms with Gasteiger partial charge in [-0.2, -0.15) is 0 Å². The van der Waals surface area contributed by atoms with E-state index in [-0.39, 0.29) is 25.7 Å². The van der Waals surface area contributed by atoms with Gasteiger partial charge in [0.05, 0.1) is 32.8 Å². The molecule has 0 heterocycles. The van der Waals surface area contributed by atoms with Gasteiger partial charge in [-0.3, -0.25) is 37.3 Å². The van der Waals surface area contributed by atoms with Crippen molar-refractivity contribution in [1.29, 1.82) is 0 Å². The Kier molecular flexibility index (Phi) is 75.6. The Morgan fingerprint density at radius 2 is 0.500 bits per heavy atom. The van der Waals surface area contributed by atoms with Crippen molar-refractivity contribution < 1.29 is 80.2 Å². The lowest BCUT2D eigenvalue weighted by molar-refractivity contribution is -0.161. The van der Waals surface area contributed by atoms with E-state index < -0.39 is 97.5 Å². The minimum Gasteiger partial charge on any atom is -0.462 e. The van der Waals surface area contributed by atoms with Gasteiger partial charge in [0.25, 0.3) is 0 Å². The Labute approximate surface area is 664 Å². The number of hydrogen-bond donors (Lipinski definition) is 3. The molecule has 0 bridgehead atoms. The highest BCUT2D eigenvalue weighted by Gasteiger charge is 2.30. The van der Waals surface area contributed by atoms with Crippen LogP contribution in [0, 0.1) is 0 Å². The molecule has 0 aliphatic heterocycles. The van der Waals surface area contributed by atoms with Crippen LogP contribution in [0.25, 0.3) is 0 Å². The Balaban J connectivity index is 5.55. The van der Waals surface area contributed by atoms with Crippen LogP contribution in [0.5, 0.6) is 0 Å². The number of allylic oxidation sites excluding steroid dienone is 35. The molecule has 0 radical (unpaired) electrons. The Morgan fingerprint density at radius 3 is 0.818 bits per heavy atom. The van der Waals surface area contributed by atoms with E-state index in [1.54, 1.807) is 12.2 Å². The Morgan fingerprint density at radius 1 is 0.264 bits per heavy atom. The van der Waals surface area contributed by atoms with Gasteiger partial charge in [0.1, 0.15) is 19.3 Å². The number of phosphoric acid groups is 2. The Bertz CT molecular complexity index is 2950. The highest BCUT2D eigenvalue weighted by molar-refractivity contribution is 7.47. The van der Waals surface area contributed by atoms with Crippen molar-refractivity contribution >= 4 is 39.5 Å². The van der Waals surface area contributed by atoms with Crippen molar-refractivity contribution in [2.75, 3.05) is 39.6 Å². The highest BCUT2D eigenvalue weighted by atomic mass is 31.2. The van der Waals surface area contributed by atoms with Gasteiger partial charge in [0.2, 0.25) is 0 Å². The molecule has 0 aliphatic rings. The van der Waals surface area contributed by atoms with Crippen molar-refractivity contribution in [2.45, 2.75) is 290 Å². The van der Waals surface area contributed by atoms with Crippen LogP contribution in [0.2, 0.25) is 0 Å². The highest BCUT2D eigenvalue weighted by Crippen LogP contribution is 2.45. The van der Waals surface area contributed by atoms with Crippen molar-refractivity contribution in [3.63, 3.8) is 0 Å². The molecule has 0 saturated heterocycles. The predicted molar refractivity (Wildman–Crippen MR) is 454 cm³/mol. The van der Waals surface area contributed by atoms with Gasteiger partial charge >= 0.3 is 39.5 Å². The molecule has 3 N–H and O–H groups in total. The van der Waals surface area contributed by atoms with E-state index in [1.165, 1.54) is 0 Å². The van der Waals surface area contributed by atoms with Gasteiger partial charge in [-0.15, -0.1) is 0 Å². The predicted octanol–water partition coefficient (Wildman–Crippen LogP) is 24.4. The van der Waals surface area contributed by atoms with Gasteiger partial charge in [0.15, 0.2) is 12.2 Å². The van der Waals surface area contributed by atoms with E-state index in [1.807, 2.05) is 30.4 Å². The topological polar surface area (TPSA) is 237 Å². The molecule has 5 unspecified atom stereocenters. The van der Waals surface area contributed by atoms with Crippen LogP contribution in [0.3, 0.4) is 0 Å². The molecular formula is C91H142O17P2. The SMILES string of the molecule is CC/C=C\C/C=C\C/C=C\C/C=C\C/C=C\C/C=C\CCC(=O)OCC(COP(=O)(O)OCC(O)COP(=O)(O)OCC(COC(=O)CCCCCCCCC/C=C\C/C=C\C/C=C\CC)OC(=O)C/C=C\C/C=C\C/C=C\C/C=C\C/C=C\CC)OC(=O)CCCCCCCC/C=C\C/C=C\C/C=C\C/C=C\CC. The molecule has 0 spiro atoms. The molecule has 0 rings (SSSR count). The van der Waals surface area contributed by atoms with Gasteiger partial charge in [0, 0.05) is 19.3 Å². The smallest absolute Gasteiger partial charge is 0.462 e. The number of aliphatic hydroxyl groups is 1. The van der Waals surface area contributed by atoms with Crippen molar-refractivity contribution in [3.05, 3.63) is 219 Å². The molecule has 0 aromatic heterocycles. The molecule has 0 fully saturated rings. The molecule has 0 amide bonds. The third-order valence-electron chi connectivity index (χ3n) is 16.0. The third-order valence-corrected chi connectivity index (χ3v) is 17.9. The number of esters is 4. The number of ether oxygens (including phenoxy) is 4. The molecule has 0 saturated carbocycles. The van der Waals surface area contributed by atoms with Crippen LogP contribution < -0.4 is 0 Å². The van der Waals surface area contributed by atoms with Crippen LogP contribution in [0.4, 0.5) is 0 Å². The third kappa shape index (κ3) is 79.5. The number of aliphatic hydroxyl groups excluding tert-OH is 1. The molecule has 0 aromatic rings. The van der Waals surface area contributed by atoms with Gasteiger partial charge in [-0.1, -0.05) is 304 Å². The first-order valence-electron chi connectivity index (χ1n) is 41.0. The summed E-state index contributed by atoms with van der Waals surface area (Å²) in [5, 5.41) is 10.7.